The maximum absolute atomic E-state index is 12.5. The molecule has 24 heavy (non-hydrogen) atoms. The van der Waals surface area contributed by atoms with Crippen molar-refractivity contribution >= 4 is 22.9 Å². The van der Waals surface area contributed by atoms with Crippen LogP contribution in [0, 0.1) is 6.92 Å². The fourth-order valence-electron chi connectivity index (χ4n) is 2.83. The first-order valence-corrected chi connectivity index (χ1v) is 9.03. The Bertz CT molecular complexity index is 700. The number of hydrogen-bond acceptors (Lipinski definition) is 5. The van der Waals surface area contributed by atoms with Gasteiger partial charge in [0.05, 0.1) is 25.3 Å². The zero-order valence-electron chi connectivity index (χ0n) is 14.4. The van der Waals surface area contributed by atoms with Crippen molar-refractivity contribution in [3.63, 3.8) is 0 Å². The predicted octanol–water partition coefficient (Wildman–Crippen LogP) is 2.66. The minimum Gasteiger partial charge on any atom is -0.378 e. The zero-order chi connectivity index (χ0) is 17.1. The largest absolute Gasteiger partial charge is 0.378 e. The molecule has 1 atom stereocenters. The number of rotatable bonds is 4. The van der Waals surface area contributed by atoms with Gasteiger partial charge in [-0.15, -0.1) is 0 Å². The van der Waals surface area contributed by atoms with E-state index in [0.717, 1.165) is 22.6 Å². The predicted molar refractivity (Wildman–Crippen MR) is 96.6 cm³/mol. The molecule has 3 heterocycles. The highest BCUT2D eigenvalue weighted by molar-refractivity contribution is 7.08. The van der Waals surface area contributed by atoms with E-state index in [9.17, 15) is 4.79 Å². The second kappa shape index (κ2) is 7.32. The minimum atomic E-state index is -0.163. The van der Waals surface area contributed by atoms with Crippen molar-refractivity contribution in [3.05, 3.63) is 45.9 Å². The third kappa shape index (κ3) is 3.94. The van der Waals surface area contributed by atoms with Gasteiger partial charge in [-0.2, -0.15) is 11.3 Å². The van der Waals surface area contributed by atoms with Crippen LogP contribution in [0.3, 0.4) is 0 Å². The first-order chi connectivity index (χ1) is 11.5. The lowest BCUT2D eigenvalue weighted by Gasteiger charge is -2.33. The van der Waals surface area contributed by atoms with Crippen LogP contribution in [-0.2, 0) is 16.0 Å². The molecule has 1 amide bonds. The van der Waals surface area contributed by atoms with E-state index in [-0.39, 0.29) is 12.0 Å². The third-order valence-electron chi connectivity index (χ3n) is 4.16. The van der Waals surface area contributed by atoms with Crippen LogP contribution < -0.4 is 4.90 Å². The van der Waals surface area contributed by atoms with E-state index in [4.69, 9.17) is 4.74 Å². The Balaban J connectivity index is 1.72. The number of ether oxygens (including phenoxy) is 1. The maximum atomic E-state index is 12.5. The average Bonchev–Trinajstić information content (AvgIpc) is 3.07. The Morgan fingerprint density at radius 1 is 1.46 bits per heavy atom. The standard InChI is InChI=1S/C18H23N3O2S/c1-13-8-15(20(2)3)10-16(19-13)17-11-21(5-6-23-17)18(22)9-14-4-7-24-12-14/h4,7-8,10,12,17H,5-6,9,11H2,1-3H3. The third-order valence-corrected chi connectivity index (χ3v) is 4.89. The second-order valence-corrected chi connectivity index (χ2v) is 7.07. The van der Waals surface area contributed by atoms with E-state index in [1.54, 1.807) is 11.3 Å². The van der Waals surface area contributed by atoms with Crippen LogP contribution in [0.2, 0.25) is 0 Å². The second-order valence-electron chi connectivity index (χ2n) is 6.29. The summed E-state index contributed by atoms with van der Waals surface area (Å²) in [7, 11) is 4.02. The highest BCUT2D eigenvalue weighted by Gasteiger charge is 2.26. The fraction of sp³-hybridized carbons (Fsp3) is 0.444. The van der Waals surface area contributed by atoms with Crippen molar-refractivity contribution in [2.75, 3.05) is 38.7 Å². The van der Waals surface area contributed by atoms with Gasteiger partial charge in [0, 0.05) is 32.0 Å². The van der Waals surface area contributed by atoms with Crippen LogP contribution in [-0.4, -0.2) is 49.6 Å². The molecule has 0 bridgehead atoms. The summed E-state index contributed by atoms with van der Waals surface area (Å²) in [6, 6.07) is 6.10. The number of nitrogens with zero attached hydrogens (tertiary/aromatic N) is 3. The molecule has 1 aliphatic rings. The van der Waals surface area contributed by atoms with E-state index >= 15 is 0 Å². The lowest BCUT2D eigenvalue weighted by Crippen LogP contribution is -2.43. The average molecular weight is 345 g/mol. The first-order valence-electron chi connectivity index (χ1n) is 8.09. The van der Waals surface area contributed by atoms with Crippen LogP contribution in [0.4, 0.5) is 5.69 Å². The maximum Gasteiger partial charge on any atom is 0.227 e. The number of pyridine rings is 1. The number of aromatic nitrogens is 1. The summed E-state index contributed by atoms with van der Waals surface area (Å²) in [5, 5.41) is 4.03. The van der Waals surface area contributed by atoms with Gasteiger partial charge in [0.15, 0.2) is 0 Å². The number of anilines is 1. The summed E-state index contributed by atoms with van der Waals surface area (Å²) < 4.78 is 5.90. The van der Waals surface area contributed by atoms with Crippen LogP contribution in [0.5, 0.6) is 0 Å². The fourth-order valence-corrected chi connectivity index (χ4v) is 3.50. The number of aryl methyl sites for hydroxylation is 1. The van der Waals surface area contributed by atoms with Crippen molar-refractivity contribution in [3.8, 4) is 0 Å². The van der Waals surface area contributed by atoms with Gasteiger partial charge in [-0.25, -0.2) is 0 Å². The molecule has 0 N–H and O–H groups in total. The van der Waals surface area contributed by atoms with Gasteiger partial charge in [-0.05, 0) is 41.4 Å². The van der Waals surface area contributed by atoms with Crippen molar-refractivity contribution in [2.45, 2.75) is 19.4 Å². The monoisotopic (exact) mass is 345 g/mol. The van der Waals surface area contributed by atoms with Gasteiger partial charge >= 0.3 is 0 Å². The molecule has 0 spiro atoms. The van der Waals surface area contributed by atoms with Gasteiger partial charge < -0.3 is 14.5 Å². The van der Waals surface area contributed by atoms with E-state index in [1.165, 1.54) is 0 Å². The molecule has 128 valence electrons. The SMILES string of the molecule is Cc1cc(N(C)C)cc(C2CN(C(=O)Cc3ccsc3)CCO2)n1. The van der Waals surface area contributed by atoms with Crippen molar-refractivity contribution in [1.82, 2.24) is 9.88 Å². The molecule has 2 aromatic rings. The summed E-state index contributed by atoms with van der Waals surface area (Å²) in [4.78, 5) is 21.1. The first kappa shape index (κ1) is 16.9. The number of hydrogen-bond donors (Lipinski definition) is 0. The molecule has 0 aromatic carbocycles. The Hall–Kier alpha value is -1.92. The van der Waals surface area contributed by atoms with Gasteiger partial charge in [0.2, 0.25) is 5.91 Å². The van der Waals surface area contributed by atoms with Crippen molar-refractivity contribution < 1.29 is 9.53 Å². The quantitative estimate of drug-likeness (QED) is 0.855. The topological polar surface area (TPSA) is 45.7 Å². The van der Waals surface area contributed by atoms with Crippen molar-refractivity contribution in [1.29, 1.82) is 0 Å². The van der Waals surface area contributed by atoms with Gasteiger partial charge in [-0.3, -0.25) is 9.78 Å². The highest BCUT2D eigenvalue weighted by Crippen LogP contribution is 2.25. The molecule has 1 unspecified atom stereocenters. The van der Waals surface area contributed by atoms with Crippen LogP contribution in [0.25, 0.3) is 0 Å². The molecule has 1 aliphatic heterocycles. The molecular formula is C18H23N3O2S. The molecular weight excluding hydrogens is 322 g/mol. The number of amides is 1. The minimum absolute atomic E-state index is 0.155. The normalized spacial score (nSPS) is 17.8. The van der Waals surface area contributed by atoms with E-state index in [2.05, 4.69) is 9.88 Å². The number of carbonyl (C=O) groups is 1. The van der Waals surface area contributed by atoms with E-state index in [1.807, 2.05) is 54.9 Å². The van der Waals surface area contributed by atoms with Crippen LogP contribution in [0.15, 0.2) is 29.0 Å². The van der Waals surface area contributed by atoms with Crippen LogP contribution in [0.1, 0.15) is 23.1 Å². The van der Waals surface area contributed by atoms with Crippen LogP contribution >= 0.6 is 11.3 Å². The Morgan fingerprint density at radius 2 is 2.29 bits per heavy atom. The van der Waals surface area contributed by atoms with E-state index < -0.39 is 0 Å². The molecule has 0 radical (unpaired) electrons. The molecule has 6 heteroatoms. The number of carbonyl (C=O) groups excluding carboxylic acids is 1. The number of morpholine rings is 1. The molecule has 3 rings (SSSR count). The summed E-state index contributed by atoms with van der Waals surface area (Å²) in [5.74, 6) is 0.155. The lowest BCUT2D eigenvalue weighted by molar-refractivity contribution is -0.138. The smallest absolute Gasteiger partial charge is 0.227 e. The Kier molecular flexibility index (Phi) is 5.16. The molecule has 1 saturated heterocycles. The lowest BCUT2D eigenvalue weighted by atomic mass is 10.1. The Labute approximate surface area is 146 Å². The summed E-state index contributed by atoms with van der Waals surface area (Å²) in [6.45, 7) is 3.74. The molecule has 1 fully saturated rings. The van der Waals surface area contributed by atoms with Gasteiger partial charge in [0.25, 0.3) is 0 Å². The van der Waals surface area contributed by atoms with E-state index in [0.29, 0.717) is 26.1 Å². The summed E-state index contributed by atoms with van der Waals surface area (Å²) >= 11 is 1.62. The molecule has 5 nitrogen and oxygen atoms in total. The highest BCUT2D eigenvalue weighted by atomic mass is 32.1. The summed E-state index contributed by atoms with van der Waals surface area (Å²) in [6.07, 6.45) is 0.296. The molecule has 0 saturated carbocycles. The zero-order valence-corrected chi connectivity index (χ0v) is 15.2. The molecule has 0 aliphatic carbocycles. The van der Waals surface area contributed by atoms with Crippen molar-refractivity contribution in [2.24, 2.45) is 0 Å². The summed E-state index contributed by atoms with van der Waals surface area (Å²) in [5.41, 5.74) is 4.03. The van der Waals surface area contributed by atoms with Gasteiger partial charge in [0.1, 0.15) is 6.10 Å². The number of thiophene rings is 1. The van der Waals surface area contributed by atoms with Gasteiger partial charge in [-0.1, -0.05) is 0 Å². The molecule has 2 aromatic heterocycles. The Morgan fingerprint density at radius 3 is 3.00 bits per heavy atom.